The van der Waals surface area contributed by atoms with Crippen molar-refractivity contribution in [1.82, 2.24) is 9.97 Å². The van der Waals surface area contributed by atoms with Crippen LogP contribution in [-0.2, 0) is 15.6 Å². The highest BCUT2D eigenvalue weighted by molar-refractivity contribution is 7.85. The van der Waals surface area contributed by atoms with Gasteiger partial charge in [-0.05, 0) is 13.3 Å². The van der Waals surface area contributed by atoms with Gasteiger partial charge in [-0.3, -0.25) is 23.8 Å². The molecule has 130 valence electrons. The zero-order valence-electron chi connectivity index (χ0n) is 12.3. The molecule has 3 unspecified atom stereocenters. The van der Waals surface area contributed by atoms with Gasteiger partial charge in [-0.1, -0.05) is 0 Å². The van der Waals surface area contributed by atoms with E-state index in [0.717, 1.165) is 0 Å². The van der Waals surface area contributed by atoms with Crippen LogP contribution in [-0.4, -0.2) is 66.5 Å². The number of hydrogen-bond donors (Lipinski definition) is 5. The molecule has 0 amide bonds. The summed E-state index contributed by atoms with van der Waals surface area (Å²) in [5, 5.41) is 27.8. The first-order valence-corrected chi connectivity index (χ1v) is 7.92. The van der Waals surface area contributed by atoms with Crippen LogP contribution in [0, 0.1) is 0 Å². The molecule has 0 fully saturated rings. The van der Waals surface area contributed by atoms with Gasteiger partial charge >= 0.3 is 5.69 Å². The van der Waals surface area contributed by atoms with Crippen molar-refractivity contribution >= 4 is 16.6 Å². The number of aromatic nitrogens is 2. The Morgan fingerprint density at radius 1 is 1.26 bits per heavy atom. The topological polar surface area (TPSA) is 170 Å². The number of carbonyl (C=O) groups excluding carboxylic acids is 1. The highest BCUT2D eigenvalue weighted by atomic mass is 32.2. The molecule has 11 heteroatoms. The lowest BCUT2D eigenvalue weighted by Gasteiger charge is -2.17. The second-order valence-electron chi connectivity index (χ2n) is 4.72. The average Bonchev–Trinajstić information content (AvgIpc) is 2.43. The monoisotopic (exact) mass is 350 g/mol. The van der Waals surface area contributed by atoms with E-state index in [1.807, 2.05) is 4.98 Å². The van der Waals surface area contributed by atoms with Gasteiger partial charge < -0.3 is 20.1 Å². The van der Waals surface area contributed by atoms with E-state index in [4.69, 9.17) is 9.84 Å². The van der Waals surface area contributed by atoms with Crippen molar-refractivity contribution in [3.63, 3.8) is 0 Å². The number of aliphatic hydroxyl groups excluding tert-OH is 3. The van der Waals surface area contributed by atoms with Gasteiger partial charge in [-0.15, -0.1) is 0 Å². The number of H-pyrrole nitrogens is 2. The molecule has 0 saturated carbocycles. The fraction of sp³-hybridized carbons (Fsp3) is 0.583. The van der Waals surface area contributed by atoms with E-state index in [1.165, 1.54) is 6.92 Å². The molecular weight excluding hydrogens is 332 g/mol. The molecule has 10 nitrogen and oxygen atoms in total. The first kappa shape index (κ1) is 19.2. The van der Waals surface area contributed by atoms with Crippen molar-refractivity contribution in [2.45, 2.75) is 30.4 Å². The van der Waals surface area contributed by atoms with Crippen LogP contribution < -0.4 is 16.0 Å². The number of hydrogen-bond acceptors (Lipinski definition) is 8. The first-order valence-electron chi connectivity index (χ1n) is 6.60. The zero-order chi connectivity index (χ0) is 17.6. The Morgan fingerprint density at radius 2 is 1.91 bits per heavy atom. The van der Waals surface area contributed by atoms with Crippen molar-refractivity contribution in [3.05, 3.63) is 20.8 Å². The summed E-state index contributed by atoms with van der Waals surface area (Å²) in [6, 6.07) is 0. The number of aliphatic hydroxyl groups is 3. The summed E-state index contributed by atoms with van der Waals surface area (Å²) >= 11 is 0. The molecule has 0 aromatic carbocycles. The van der Waals surface area contributed by atoms with E-state index < -0.39 is 63.2 Å². The van der Waals surface area contributed by atoms with Crippen molar-refractivity contribution < 1.29 is 29.1 Å². The summed E-state index contributed by atoms with van der Waals surface area (Å²) in [6.07, 6.45) is -2.78. The molecule has 23 heavy (non-hydrogen) atoms. The van der Waals surface area contributed by atoms with Crippen LogP contribution in [0.15, 0.2) is 14.5 Å². The first-order chi connectivity index (χ1) is 10.8. The van der Waals surface area contributed by atoms with E-state index >= 15 is 0 Å². The van der Waals surface area contributed by atoms with Gasteiger partial charge in [0.2, 0.25) is 5.88 Å². The van der Waals surface area contributed by atoms with E-state index in [9.17, 15) is 28.8 Å². The molecule has 0 aliphatic heterocycles. The summed E-state index contributed by atoms with van der Waals surface area (Å²) in [4.78, 5) is 37.6. The lowest BCUT2D eigenvalue weighted by atomic mass is 10.1. The summed E-state index contributed by atoms with van der Waals surface area (Å²) in [5.74, 6) is -1.33. The van der Waals surface area contributed by atoms with Crippen molar-refractivity contribution in [3.8, 4) is 5.88 Å². The third kappa shape index (κ3) is 5.71. The minimum absolute atomic E-state index is 0.0977. The second-order valence-corrected chi connectivity index (χ2v) is 6.10. The zero-order valence-corrected chi connectivity index (χ0v) is 13.1. The van der Waals surface area contributed by atoms with Crippen LogP contribution in [0.4, 0.5) is 0 Å². The van der Waals surface area contributed by atoms with Crippen molar-refractivity contribution in [2.75, 3.05) is 19.0 Å². The molecule has 0 aliphatic carbocycles. The summed E-state index contributed by atoms with van der Waals surface area (Å²) in [7, 11) is -2.05. The molecule has 3 atom stereocenters. The van der Waals surface area contributed by atoms with Crippen molar-refractivity contribution in [2.24, 2.45) is 0 Å². The Kier molecular flexibility index (Phi) is 7.29. The van der Waals surface area contributed by atoms with E-state index in [-0.39, 0.29) is 13.0 Å². The number of rotatable bonds is 9. The van der Waals surface area contributed by atoms with E-state index in [2.05, 4.69) is 4.98 Å². The Morgan fingerprint density at radius 3 is 2.48 bits per heavy atom. The van der Waals surface area contributed by atoms with Crippen LogP contribution in [0.5, 0.6) is 5.88 Å². The molecule has 1 aromatic heterocycles. The minimum Gasteiger partial charge on any atom is -0.475 e. The predicted molar refractivity (Wildman–Crippen MR) is 78.9 cm³/mol. The lowest BCUT2D eigenvalue weighted by molar-refractivity contribution is -0.114. The third-order valence-electron chi connectivity index (χ3n) is 2.70. The molecular formula is C12H18N2O8S. The summed E-state index contributed by atoms with van der Waals surface area (Å²) < 4.78 is 17.1. The summed E-state index contributed by atoms with van der Waals surface area (Å²) in [5.41, 5.74) is -1.90. The van der Waals surface area contributed by atoms with E-state index in [0.29, 0.717) is 0 Å². The highest BCUT2D eigenvalue weighted by Gasteiger charge is 2.22. The van der Waals surface area contributed by atoms with Crippen molar-refractivity contribution in [1.29, 1.82) is 0 Å². The quantitative estimate of drug-likeness (QED) is 0.319. The number of carbonyl (C=O) groups is 1. The molecule has 0 spiro atoms. The molecule has 0 radical (unpaired) electrons. The lowest BCUT2D eigenvalue weighted by Crippen LogP contribution is -2.34. The molecule has 0 saturated heterocycles. The Hall–Kier alpha value is -1.82. The standard InChI is InChI=1S/C12H18N2O8S/c1-6(16)5-23(21)9-10(19)13-12(20)14-11(9)22-4-8(18)7(17)2-3-15/h7-8,15,17-18H,2-5H2,1H3,(H2,13,14,19,20). The van der Waals surface area contributed by atoms with Gasteiger partial charge in [-0.25, -0.2) is 4.79 Å². The Balaban J connectivity index is 3.01. The predicted octanol–water partition coefficient (Wildman–Crippen LogP) is -2.76. The molecule has 1 aromatic rings. The minimum atomic E-state index is -2.05. The van der Waals surface area contributed by atoms with Gasteiger partial charge in [-0.2, -0.15) is 0 Å². The van der Waals surface area contributed by atoms with Gasteiger partial charge in [0.15, 0.2) is 4.90 Å². The maximum Gasteiger partial charge on any atom is 0.328 e. The number of Topliss-reactive ketones (excluding diaryl/α,β-unsaturated/α-hetero) is 1. The number of ketones is 1. The Bertz CT molecular complexity index is 682. The van der Waals surface area contributed by atoms with Crippen LogP contribution in [0.25, 0.3) is 0 Å². The SMILES string of the molecule is CC(=O)CS(=O)c1c(OCC(O)C(O)CCO)[nH]c(=O)[nH]c1=O. The maximum atomic E-state index is 12.0. The van der Waals surface area contributed by atoms with Gasteiger partial charge in [0.25, 0.3) is 5.56 Å². The second kappa shape index (κ2) is 8.72. The largest absolute Gasteiger partial charge is 0.475 e. The van der Waals surface area contributed by atoms with Crippen LogP contribution in [0.2, 0.25) is 0 Å². The van der Waals surface area contributed by atoms with E-state index in [1.54, 1.807) is 0 Å². The molecule has 0 bridgehead atoms. The highest BCUT2D eigenvalue weighted by Crippen LogP contribution is 2.14. The molecule has 0 aliphatic rings. The van der Waals surface area contributed by atoms with Gasteiger partial charge in [0, 0.05) is 6.61 Å². The molecule has 1 heterocycles. The maximum absolute atomic E-state index is 12.0. The van der Waals surface area contributed by atoms with Crippen LogP contribution in [0.3, 0.4) is 0 Å². The fourth-order valence-corrected chi connectivity index (χ4v) is 2.71. The summed E-state index contributed by atoms with van der Waals surface area (Å²) in [6.45, 7) is 0.312. The normalized spacial score (nSPS) is 15.0. The molecule has 5 N–H and O–H groups in total. The Labute approximate surface area is 132 Å². The number of nitrogens with one attached hydrogen (secondary N) is 2. The third-order valence-corrected chi connectivity index (χ3v) is 4.19. The van der Waals surface area contributed by atoms with Gasteiger partial charge in [0.1, 0.15) is 18.5 Å². The van der Waals surface area contributed by atoms with Crippen LogP contribution in [0.1, 0.15) is 13.3 Å². The smallest absolute Gasteiger partial charge is 0.328 e. The number of ether oxygens (including phenoxy) is 1. The van der Waals surface area contributed by atoms with Gasteiger partial charge in [0.05, 0.1) is 22.7 Å². The number of aromatic amines is 2. The fourth-order valence-electron chi connectivity index (χ4n) is 1.62. The molecule has 1 rings (SSSR count). The van der Waals surface area contributed by atoms with Crippen LogP contribution >= 0.6 is 0 Å². The average molecular weight is 350 g/mol.